The van der Waals surface area contributed by atoms with Crippen molar-refractivity contribution in [3.8, 4) is 11.8 Å². The van der Waals surface area contributed by atoms with Gasteiger partial charge in [-0.15, -0.1) is 0 Å². The molecule has 0 atom stereocenters. The third-order valence-electron chi connectivity index (χ3n) is 4.80. The zero-order valence-corrected chi connectivity index (χ0v) is 19.0. The number of nitrogens with one attached hydrogen (secondary N) is 1. The number of pyridine rings is 1. The highest BCUT2D eigenvalue weighted by atomic mass is 19.1. The maximum Gasteiger partial charge on any atom is 0.159 e. The fourth-order valence-corrected chi connectivity index (χ4v) is 3.24. The molecule has 0 bridgehead atoms. The molecule has 0 saturated carbocycles. The van der Waals surface area contributed by atoms with Crippen molar-refractivity contribution < 1.29 is 18.0 Å². The first-order valence-electron chi connectivity index (χ1n) is 11.9. The Hall–Kier alpha value is -3.76. The van der Waals surface area contributed by atoms with Crippen LogP contribution in [-0.4, -0.2) is 42.9 Å². The van der Waals surface area contributed by atoms with E-state index < -0.39 is 18.3 Å². The average Bonchev–Trinajstić information content (AvgIpc) is 2.82. The Bertz CT molecular complexity index is 1380. The van der Waals surface area contributed by atoms with Gasteiger partial charge in [-0.1, -0.05) is 6.08 Å². The molecule has 3 aromatic rings. The number of allylic oxidation sites excluding steroid dienone is 1. The minimum absolute atomic E-state index is 0.212. The first kappa shape index (κ1) is 19.9. The third kappa shape index (κ3) is 5.93. The number of nitrogens with zero attached hydrogens (tertiary/aromatic N) is 3. The van der Waals surface area contributed by atoms with E-state index in [2.05, 4.69) is 16.4 Å². The van der Waals surface area contributed by atoms with Gasteiger partial charge < -0.3 is 15.0 Å². The average molecular weight is 450 g/mol. The highest BCUT2D eigenvalue weighted by Gasteiger charge is 2.16. The largest absolute Gasteiger partial charge is 0.494 e. The molecular weight excluding hydrogens is 419 g/mol. The number of aromatic nitrogens is 1. The van der Waals surface area contributed by atoms with Gasteiger partial charge in [0.15, 0.2) is 5.78 Å². The van der Waals surface area contributed by atoms with Gasteiger partial charge in [-0.3, -0.25) is 9.78 Å². The van der Waals surface area contributed by atoms with Crippen LogP contribution in [0.3, 0.4) is 0 Å². The van der Waals surface area contributed by atoms with Gasteiger partial charge in [0, 0.05) is 44.6 Å². The van der Waals surface area contributed by atoms with E-state index in [4.69, 9.17) is 8.85 Å². The SMILES string of the molecule is [2H]/C(=C\C([2H])([2H])N(C)C)C(=O)Cc1cc2c(Nc3ccc(F)c(C)c3)c(C#N)cnc2cc1OCC. The van der Waals surface area contributed by atoms with Crippen LogP contribution in [0.2, 0.25) is 0 Å². The molecule has 0 radical (unpaired) electrons. The molecule has 1 N–H and O–H groups in total. The normalized spacial score (nSPS) is 13.2. The summed E-state index contributed by atoms with van der Waals surface area (Å²) in [6.45, 7) is 1.80. The molecule has 0 saturated heterocycles. The van der Waals surface area contributed by atoms with Crippen molar-refractivity contribution in [1.82, 2.24) is 9.88 Å². The molecule has 2 aromatic carbocycles. The molecule has 1 heterocycles. The lowest BCUT2D eigenvalue weighted by Crippen LogP contribution is -2.11. The standard InChI is InChI=1S/C26H27FN4O2/c1-5-33-25-14-24-22(13-18(25)12-21(32)7-6-10-31(3)4)26(19(15-28)16-29-24)30-20-8-9-23(27)17(2)11-20/h6-9,11,13-14,16H,5,10,12H2,1-4H3,(H,29,30)/b7-6+/i7D,10D2. The number of aryl methyl sites for hydroxylation is 1. The number of nitriles is 1. The Labute approximate surface area is 197 Å². The maximum atomic E-state index is 13.8. The number of ketones is 1. The van der Waals surface area contributed by atoms with Crippen LogP contribution in [0, 0.1) is 24.1 Å². The molecule has 1 aromatic heterocycles. The van der Waals surface area contributed by atoms with Crippen LogP contribution in [0.15, 0.2) is 48.7 Å². The monoisotopic (exact) mass is 449 g/mol. The van der Waals surface area contributed by atoms with E-state index in [-0.39, 0.29) is 17.8 Å². The van der Waals surface area contributed by atoms with Gasteiger partial charge in [0.1, 0.15) is 17.6 Å². The van der Waals surface area contributed by atoms with Crippen LogP contribution >= 0.6 is 0 Å². The maximum absolute atomic E-state index is 13.8. The number of benzene rings is 2. The highest BCUT2D eigenvalue weighted by Crippen LogP contribution is 2.34. The van der Waals surface area contributed by atoms with Crippen LogP contribution in [0.1, 0.15) is 27.7 Å². The van der Waals surface area contributed by atoms with E-state index in [1.165, 1.54) is 31.3 Å². The summed E-state index contributed by atoms with van der Waals surface area (Å²) in [6.07, 6.45) is 2.18. The Kier molecular flexibility index (Phi) is 6.45. The topological polar surface area (TPSA) is 78.3 Å². The van der Waals surface area contributed by atoms with E-state index in [0.29, 0.717) is 45.8 Å². The first-order chi connectivity index (χ1) is 17.0. The first-order valence-corrected chi connectivity index (χ1v) is 10.4. The number of carbonyl (C=O) groups is 1. The minimum Gasteiger partial charge on any atom is -0.494 e. The molecule has 7 heteroatoms. The van der Waals surface area contributed by atoms with Gasteiger partial charge in [-0.05, 0) is 63.8 Å². The van der Waals surface area contributed by atoms with Crippen molar-refractivity contribution in [2.24, 2.45) is 0 Å². The van der Waals surface area contributed by atoms with Crippen molar-refractivity contribution in [3.63, 3.8) is 0 Å². The second-order valence-electron chi connectivity index (χ2n) is 7.57. The molecule has 6 nitrogen and oxygen atoms in total. The number of likely N-dealkylation sites (N-methyl/N-ethyl adjacent to an activating group) is 1. The van der Waals surface area contributed by atoms with Crippen molar-refractivity contribution >= 4 is 28.1 Å². The summed E-state index contributed by atoms with van der Waals surface area (Å²) >= 11 is 0. The van der Waals surface area contributed by atoms with Crippen LogP contribution < -0.4 is 10.1 Å². The molecule has 3 rings (SSSR count). The van der Waals surface area contributed by atoms with E-state index in [1.54, 1.807) is 38.1 Å². The van der Waals surface area contributed by atoms with Crippen molar-refractivity contribution in [1.29, 1.82) is 5.26 Å². The molecule has 0 spiro atoms. The fraction of sp³-hybridized carbons (Fsp3) is 0.269. The van der Waals surface area contributed by atoms with Crippen LogP contribution in [0.5, 0.6) is 5.75 Å². The lowest BCUT2D eigenvalue weighted by Gasteiger charge is -2.15. The molecule has 0 fully saturated rings. The predicted molar refractivity (Wildman–Crippen MR) is 128 cm³/mol. The summed E-state index contributed by atoms with van der Waals surface area (Å²) in [4.78, 5) is 18.5. The summed E-state index contributed by atoms with van der Waals surface area (Å²) in [7, 11) is 3.03. The lowest BCUT2D eigenvalue weighted by molar-refractivity contribution is -0.114. The van der Waals surface area contributed by atoms with Crippen LogP contribution in [0.4, 0.5) is 15.8 Å². The van der Waals surface area contributed by atoms with E-state index in [0.717, 1.165) is 6.08 Å². The lowest BCUT2D eigenvalue weighted by atomic mass is 10.0. The molecule has 0 unspecified atom stereocenters. The number of halogens is 1. The van der Waals surface area contributed by atoms with Gasteiger partial charge in [0.25, 0.3) is 0 Å². The number of ether oxygens (including phenoxy) is 1. The quantitative estimate of drug-likeness (QED) is 0.467. The minimum atomic E-state index is -1.96. The van der Waals surface area contributed by atoms with E-state index in [1.807, 2.05) is 0 Å². The van der Waals surface area contributed by atoms with Gasteiger partial charge >= 0.3 is 0 Å². The zero-order valence-electron chi connectivity index (χ0n) is 22.0. The summed E-state index contributed by atoms with van der Waals surface area (Å²) in [5.74, 6) is -0.530. The van der Waals surface area contributed by atoms with Crippen molar-refractivity contribution in [2.45, 2.75) is 20.3 Å². The Morgan fingerprint density at radius 2 is 2.18 bits per heavy atom. The number of hydrogen-bond acceptors (Lipinski definition) is 6. The molecule has 0 aliphatic heterocycles. The molecule has 0 aliphatic carbocycles. The second kappa shape index (κ2) is 10.7. The molecule has 170 valence electrons. The summed E-state index contributed by atoms with van der Waals surface area (Å²) < 4.78 is 43.5. The Morgan fingerprint density at radius 3 is 2.85 bits per heavy atom. The smallest absolute Gasteiger partial charge is 0.159 e. The zero-order chi connectivity index (χ0) is 26.6. The highest BCUT2D eigenvalue weighted by molar-refractivity contribution is 5.98. The number of carbonyl (C=O) groups excluding carboxylic acids is 1. The third-order valence-corrected chi connectivity index (χ3v) is 4.80. The molecule has 0 aliphatic rings. The van der Waals surface area contributed by atoms with Gasteiger partial charge in [-0.2, -0.15) is 5.26 Å². The second-order valence-corrected chi connectivity index (χ2v) is 7.57. The van der Waals surface area contributed by atoms with Crippen LogP contribution in [0.25, 0.3) is 10.9 Å². The number of fused-ring (bicyclic) bond motifs is 1. The predicted octanol–water partition coefficient (Wildman–Crippen LogP) is 4.93. The van der Waals surface area contributed by atoms with Gasteiger partial charge in [-0.25, -0.2) is 4.39 Å². The summed E-state index contributed by atoms with van der Waals surface area (Å²) in [6, 6.07) is 9.50. The van der Waals surface area contributed by atoms with Crippen LogP contribution in [-0.2, 0) is 11.2 Å². The Balaban J connectivity index is 2.11. The summed E-state index contributed by atoms with van der Waals surface area (Å²) in [5, 5.41) is 13.4. The number of rotatable bonds is 9. The van der Waals surface area contributed by atoms with E-state index in [9.17, 15) is 14.4 Å². The molecule has 33 heavy (non-hydrogen) atoms. The molecule has 0 amide bonds. The Morgan fingerprint density at radius 1 is 1.39 bits per heavy atom. The number of hydrogen-bond donors (Lipinski definition) is 1. The number of anilines is 2. The molecular formula is C26H27FN4O2. The van der Waals surface area contributed by atoms with Crippen molar-refractivity contribution in [3.05, 3.63) is 71.2 Å². The van der Waals surface area contributed by atoms with Crippen molar-refractivity contribution in [2.75, 3.05) is 32.5 Å². The summed E-state index contributed by atoms with van der Waals surface area (Å²) in [5.41, 5.74) is 2.69. The van der Waals surface area contributed by atoms with Gasteiger partial charge in [0.2, 0.25) is 0 Å². The van der Waals surface area contributed by atoms with Gasteiger partial charge in [0.05, 0.1) is 24.7 Å². The van der Waals surface area contributed by atoms with E-state index >= 15 is 0 Å². The fourth-order valence-electron chi connectivity index (χ4n) is 3.24.